The number of halogens is 4. The smallest absolute Gasteiger partial charge is 0.492 e. The Kier molecular flexibility index (Phi) is 6.93. The van der Waals surface area contributed by atoms with E-state index in [2.05, 4.69) is 0 Å². The minimum Gasteiger partial charge on any atom is -0.492 e. The van der Waals surface area contributed by atoms with Crippen LogP contribution in [-0.2, 0) is 6.61 Å². The molecule has 0 aliphatic rings. The third-order valence-electron chi connectivity index (χ3n) is 2.97. The molecule has 0 fully saturated rings. The van der Waals surface area contributed by atoms with Crippen molar-refractivity contribution in [3.63, 3.8) is 0 Å². The summed E-state index contributed by atoms with van der Waals surface area (Å²) in [5.41, 5.74) is 0.671. The Hall–Kier alpha value is -0.339. The molecule has 0 spiro atoms. The second kappa shape index (κ2) is 7.78. The maximum absolute atomic E-state index is 13.0. The molecular formula is C14H12BF4KO. The molecule has 0 radical (unpaired) electrons. The topological polar surface area (TPSA) is 9.23 Å². The predicted octanol–water partition coefficient (Wildman–Crippen LogP) is 0.772. The predicted molar refractivity (Wildman–Crippen MR) is 70.6 cm³/mol. The first kappa shape index (κ1) is 18.7. The van der Waals surface area contributed by atoms with Crippen molar-refractivity contribution in [1.29, 1.82) is 0 Å². The quantitative estimate of drug-likeness (QED) is 0.597. The van der Waals surface area contributed by atoms with Gasteiger partial charge in [-0.1, -0.05) is 29.7 Å². The number of hydrogen-bond acceptors (Lipinski definition) is 1. The summed E-state index contributed by atoms with van der Waals surface area (Å²) in [7, 11) is 0. The van der Waals surface area contributed by atoms with Crippen LogP contribution in [0, 0.1) is 12.7 Å². The Morgan fingerprint density at radius 2 is 1.71 bits per heavy atom. The van der Waals surface area contributed by atoms with Crippen LogP contribution in [0.1, 0.15) is 11.1 Å². The van der Waals surface area contributed by atoms with Crippen molar-refractivity contribution >= 4 is 12.4 Å². The Morgan fingerprint density at radius 1 is 1.05 bits per heavy atom. The second-order valence-electron chi connectivity index (χ2n) is 4.47. The van der Waals surface area contributed by atoms with E-state index in [0.717, 1.165) is 23.3 Å². The summed E-state index contributed by atoms with van der Waals surface area (Å²) in [5.74, 6) is -1.27. The van der Waals surface area contributed by atoms with Gasteiger partial charge in [-0.2, -0.15) is 0 Å². The van der Waals surface area contributed by atoms with E-state index >= 15 is 0 Å². The number of aryl methyl sites for hydroxylation is 1. The van der Waals surface area contributed by atoms with Gasteiger partial charge in [0, 0.05) is 0 Å². The van der Waals surface area contributed by atoms with Crippen LogP contribution in [-0.4, -0.2) is 6.98 Å². The first-order chi connectivity index (χ1) is 9.38. The molecule has 2 aromatic rings. The van der Waals surface area contributed by atoms with Crippen LogP contribution >= 0.6 is 0 Å². The van der Waals surface area contributed by atoms with E-state index < -0.39 is 18.3 Å². The summed E-state index contributed by atoms with van der Waals surface area (Å²) in [4.78, 5) is 0. The summed E-state index contributed by atoms with van der Waals surface area (Å²) in [5, 5.41) is 0. The van der Waals surface area contributed by atoms with E-state index in [1.165, 1.54) is 0 Å². The Balaban J connectivity index is 0.00000220. The summed E-state index contributed by atoms with van der Waals surface area (Å²) in [6.07, 6.45) is 0. The fourth-order valence-electron chi connectivity index (χ4n) is 1.83. The minimum absolute atomic E-state index is 0. The van der Waals surface area contributed by atoms with E-state index in [4.69, 9.17) is 4.74 Å². The standard InChI is InChI=1S/C14H12BF4O.K/c1-10-4-2-3-5-11(10)9-20-14-7-6-12(16)8-13(14)15(17,18)19;/h2-8H,9H2,1H3;/q-1;+1. The molecule has 0 N–H and O–H groups in total. The molecule has 0 aliphatic heterocycles. The Morgan fingerprint density at radius 3 is 2.33 bits per heavy atom. The summed E-state index contributed by atoms with van der Waals surface area (Å²) in [6, 6.07) is 9.67. The van der Waals surface area contributed by atoms with Gasteiger partial charge in [0.15, 0.2) is 0 Å². The fourth-order valence-corrected chi connectivity index (χ4v) is 1.83. The third-order valence-corrected chi connectivity index (χ3v) is 2.97. The van der Waals surface area contributed by atoms with Crippen molar-refractivity contribution in [2.45, 2.75) is 13.5 Å². The molecule has 0 aliphatic carbocycles. The van der Waals surface area contributed by atoms with Gasteiger partial charge in [0.05, 0.1) is 5.75 Å². The number of ether oxygens (including phenoxy) is 1. The summed E-state index contributed by atoms with van der Waals surface area (Å²) in [6.45, 7) is -3.46. The zero-order chi connectivity index (χ0) is 14.8. The van der Waals surface area contributed by atoms with Crippen LogP contribution in [0.15, 0.2) is 42.5 Å². The number of hydrogen-bond donors (Lipinski definition) is 0. The SMILES string of the molecule is Cc1ccccc1COc1ccc(F)cc1[B-](F)(F)F.[K+]. The van der Waals surface area contributed by atoms with Gasteiger partial charge in [0.2, 0.25) is 0 Å². The average Bonchev–Trinajstić information content (AvgIpc) is 2.38. The Bertz CT molecular complexity index is 616. The maximum Gasteiger partial charge on any atom is 1.00 e. The first-order valence-electron chi connectivity index (χ1n) is 6.04. The van der Waals surface area contributed by atoms with Crippen LogP contribution < -0.4 is 61.6 Å². The molecule has 0 unspecified atom stereocenters. The zero-order valence-electron chi connectivity index (χ0n) is 11.7. The molecule has 0 heterocycles. The van der Waals surface area contributed by atoms with E-state index in [1.807, 2.05) is 19.1 Å². The molecule has 106 valence electrons. The zero-order valence-corrected chi connectivity index (χ0v) is 14.9. The van der Waals surface area contributed by atoms with Crippen LogP contribution in [0.25, 0.3) is 0 Å². The summed E-state index contributed by atoms with van der Waals surface area (Å²) < 4.78 is 56.7. The van der Waals surface area contributed by atoms with Crippen molar-refractivity contribution in [2.75, 3.05) is 0 Å². The first-order valence-corrected chi connectivity index (χ1v) is 6.04. The summed E-state index contributed by atoms with van der Waals surface area (Å²) >= 11 is 0. The largest absolute Gasteiger partial charge is 1.00 e. The van der Waals surface area contributed by atoms with Gasteiger partial charge in [-0.15, -0.1) is 0 Å². The molecule has 1 nitrogen and oxygen atoms in total. The van der Waals surface area contributed by atoms with Crippen molar-refractivity contribution < 1.29 is 73.5 Å². The fraction of sp³-hybridized carbons (Fsp3) is 0.143. The molecule has 0 saturated carbocycles. The van der Waals surface area contributed by atoms with E-state index in [0.29, 0.717) is 6.07 Å². The molecule has 0 atom stereocenters. The normalized spacial score (nSPS) is 10.9. The van der Waals surface area contributed by atoms with Gasteiger partial charge in [-0.3, -0.25) is 0 Å². The molecule has 7 heteroatoms. The van der Waals surface area contributed by atoms with Crippen molar-refractivity contribution in [2.24, 2.45) is 0 Å². The van der Waals surface area contributed by atoms with E-state index in [-0.39, 0.29) is 63.7 Å². The van der Waals surface area contributed by atoms with Crippen LogP contribution in [0.2, 0.25) is 0 Å². The second-order valence-corrected chi connectivity index (χ2v) is 4.47. The van der Waals surface area contributed by atoms with Crippen LogP contribution in [0.5, 0.6) is 5.75 Å². The average molecular weight is 322 g/mol. The number of rotatable bonds is 4. The molecule has 0 bridgehead atoms. The van der Waals surface area contributed by atoms with Crippen LogP contribution in [0.3, 0.4) is 0 Å². The monoisotopic (exact) mass is 322 g/mol. The van der Waals surface area contributed by atoms with Crippen molar-refractivity contribution in [1.82, 2.24) is 0 Å². The van der Waals surface area contributed by atoms with E-state index in [9.17, 15) is 17.3 Å². The molecule has 0 aromatic heterocycles. The molecule has 0 amide bonds. The minimum atomic E-state index is -5.31. The molecule has 21 heavy (non-hydrogen) atoms. The van der Waals surface area contributed by atoms with Gasteiger partial charge in [-0.05, 0) is 36.2 Å². The van der Waals surface area contributed by atoms with Gasteiger partial charge >= 0.3 is 58.4 Å². The number of benzene rings is 2. The molecular weight excluding hydrogens is 310 g/mol. The molecule has 0 saturated heterocycles. The van der Waals surface area contributed by atoms with Crippen molar-refractivity contribution in [3.8, 4) is 5.75 Å². The maximum atomic E-state index is 13.0. The van der Waals surface area contributed by atoms with Gasteiger partial charge < -0.3 is 17.7 Å². The Labute approximate surface area is 163 Å². The third kappa shape index (κ3) is 5.10. The van der Waals surface area contributed by atoms with Gasteiger partial charge in [-0.25, -0.2) is 4.39 Å². The van der Waals surface area contributed by atoms with Gasteiger partial charge in [0.25, 0.3) is 0 Å². The molecule has 2 aromatic carbocycles. The van der Waals surface area contributed by atoms with Crippen molar-refractivity contribution in [3.05, 3.63) is 59.4 Å². The van der Waals surface area contributed by atoms with Crippen LogP contribution in [0.4, 0.5) is 17.3 Å². The van der Waals surface area contributed by atoms with E-state index in [1.54, 1.807) is 12.1 Å². The molecule has 2 rings (SSSR count). The van der Waals surface area contributed by atoms with Gasteiger partial charge in [0.1, 0.15) is 12.4 Å².